The van der Waals surface area contributed by atoms with Crippen LogP contribution in [0.25, 0.3) is 0 Å². The predicted octanol–water partition coefficient (Wildman–Crippen LogP) is 2.34. The van der Waals surface area contributed by atoms with E-state index in [0.29, 0.717) is 12.8 Å². The number of hydrogen-bond acceptors (Lipinski definition) is 12. The lowest BCUT2D eigenvalue weighted by atomic mass is 9.87. The maximum atomic E-state index is 12.7. The van der Waals surface area contributed by atoms with Crippen LogP contribution in [0.3, 0.4) is 0 Å². The lowest BCUT2D eigenvalue weighted by Crippen LogP contribution is -2.54. The second-order valence-corrected chi connectivity index (χ2v) is 10.8. The van der Waals surface area contributed by atoms with Gasteiger partial charge in [-0.2, -0.15) is 0 Å². The van der Waals surface area contributed by atoms with Crippen LogP contribution in [0.1, 0.15) is 57.8 Å². The smallest absolute Gasteiger partial charge is 0.348 e. The average molecular weight is 607 g/mol. The van der Waals surface area contributed by atoms with Gasteiger partial charge in [-0.05, 0) is 31.1 Å². The second kappa shape index (κ2) is 12.3. The van der Waals surface area contributed by atoms with Crippen LogP contribution in [-0.4, -0.2) is 41.2 Å². The van der Waals surface area contributed by atoms with Crippen LogP contribution in [0.5, 0.6) is 0 Å². The first-order valence-electron chi connectivity index (χ1n) is 14.2. The molecule has 2 saturated carbocycles. The highest BCUT2D eigenvalue weighted by Gasteiger charge is 2.49. The standard InChI is InChI=1S/C32H32O12/c1-2-3-4-7-12-21-26(35)41-31(42-27(21)36)17-19-32(20-18-31)43-28(37)23(29(38)44-32)14-9-5-8-13-22-24(33)39-30(40-25(22)34)15-10-6-11-16-30/h2-5,7-9,12-14,35,37H,1,6,10-11,15-20H2/p-2/b4-3+,8-5+,12-7+,14-9+. The fourth-order valence-electron chi connectivity index (χ4n) is 5.44. The number of rotatable bonds is 6. The van der Waals surface area contributed by atoms with Crippen LogP contribution in [0.4, 0.5) is 0 Å². The normalized spacial score (nSPS) is 24.6. The van der Waals surface area contributed by atoms with Gasteiger partial charge in [0.25, 0.3) is 5.79 Å². The van der Waals surface area contributed by atoms with E-state index in [1.807, 2.05) is 0 Å². The minimum atomic E-state index is -1.60. The predicted molar refractivity (Wildman–Crippen MR) is 145 cm³/mol. The summed E-state index contributed by atoms with van der Waals surface area (Å²) in [5.74, 6) is -9.45. The van der Waals surface area contributed by atoms with Crippen molar-refractivity contribution in [2.24, 2.45) is 0 Å². The number of hydrogen-bond donors (Lipinski definition) is 0. The van der Waals surface area contributed by atoms with E-state index in [4.69, 9.17) is 28.4 Å². The number of carbonyl (C=O) groups excluding carboxylic acids is 4. The first-order chi connectivity index (χ1) is 21.1. The third kappa shape index (κ3) is 6.34. The summed E-state index contributed by atoms with van der Waals surface area (Å²) in [5.41, 5.74) is -0.925. The molecule has 44 heavy (non-hydrogen) atoms. The Morgan fingerprint density at radius 1 is 0.523 bits per heavy atom. The number of ether oxygens (including phenoxy) is 6. The fraction of sp³-hybridized carbons (Fsp3) is 0.375. The molecule has 12 nitrogen and oxygen atoms in total. The number of allylic oxidation sites excluding steroid dienone is 8. The molecule has 1 saturated heterocycles. The zero-order valence-electron chi connectivity index (χ0n) is 23.7. The van der Waals surface area contributed by atoms with Crippen LogP contribution in [0.2, 0.25) is 0 Å². The molecule has 0 amide bonds. The third-order valence-corrected chi connectivity index (χ3v) is 7.75. The molecule has 3 spiro atoms. The van der Waals surface area contributed by atoms with Crippen LogP contribution in [0, 0.1) is 0 Å². The van der Waals surface area contributed by atoms with E-state index in [2.05, 4.69) is 6.58 Å². The third-order valence-electron chi connectivity index (χ3n) is 7.75. The van der Waals surface area contributed by atoms with Crippen LogP contribution in [-0.2, 0) is 47.6 Å². The van der Waals surface area contributed by atoms with Crippen molar-refractivity contribution in [1.82, 2.24) is 0 Å². The molecule has 3 fully saturated rings. The highest BCUT2D eigenvalue weighted by atomic mass is 16.8. The first kappa shape index (κ1) is 30.5. The lowest BCUT2D eigenvalue weighted by molar-refractivity contribution is -0.422. The zero-order valence-corrected chi connectivity index (χ0v) is 23.7. The van der Waals surface area contributed by atoms with E-state index in [1.165, 1.54) is 48.6 Å². The van der Waals surface area contributed by atoms with Gasteiger partial charge in [0.05, 0.1) is 23.0 Å². The zero-order chi connectivity index (χ0) is 31.4. The minimum absolute atomic E-state index is 0.0625. The van der Waals surface area contributed by atoms with E-state index in [-0.39, 0.29) is 42.4 Å². The van der Waals surface area contributed by atoms with Crippen molar-refractivity contribution in [2.45, 2.75) is 75.1 Å². The molecule has 0 unspecified atom stereocenters. The lowest BCUT2D eigenvalue weighted by Gasteiger charge is -2.53. The van der Waals surface area contributed by atoms with Crippen molar-refractivity contribution < 1.29 is 57.8 Å². The quantitative estimate of drug-likeness (QED) is 0.142. The van der Waals surface area contributed by atoms with Crippen LogP contribution in [0.15, 0.2) is 95.9 Å². The van der Waals surface area contributed by atoms with Gasteiger partial charge in [0.15, 0.2) is 11.6 Å². The molecule has 0 atom stereocenters. The largest absolute Gasteiger partial charge is 0.574 e. The first-order valence-corrected chi connectivity index (χ1v) is 14.2. The van der Waals surface area contributed by atoms with E-state index in [1.54, 1.807) is 12.2 Å². The van der Waals surface area contributed by atoms with E-state index in [0.717, 1.165) is 19.3 Å². The molecule has 0 aromatic heterocycles. The Balaban J connectivity index is 1.18. The fourth-order valence-corrected chi connectivity index (χ4v) is 5.44. The SMILES string of the molecule is C=C/C=C/C=C/C1=C([O-])OC2(CCC3(CC2)OC(=O)C(/C=C/C=C/C=C2C(=O)OC4(CCCCC4)OC2=O)=C([O-])O3)OC1=O. The molecule has 5 rings (SSSR count). The highest BCUT2D eigenvalue weighted by molar-refractivity contribution is 6.15. The Kier molecular flexibility index (Phi) is 8.52. The maximum absolute atomic E-state index is 12.7. The molecule has 3 aliphatic heterocycles. The Hall–Kier alpha value is -5.00. The molecular formula is C32H30O12-2. The summed E-state index contributed by atoms with van der Waals surface area (Å²) in [6, 6.07) is 0. The summed E-state index contributed by atoms with van der Waals surface area (Å²) in [7, 11) is 0. The van der Waals surface area contributed by atoms with E-state index in [9.17, 15) is 29.4 Å². The second-order valence-electron chi connectivity index (χ2n) is 10.8. The summed E-state index contributed by atoms with van der Waals surface area (Å²) >= 11 is 0. The molecule has 0 radical (unpaired) electrons. The molecule has 232 valence electrons. The summed E-state index contributed by atoms with van der Waals surface area (Å²) in [6.45, 7) is 3.52. The molecule has 0 aromatic rings. The summed E-state index contributed by atoms with van der Waals surface area (Å²) in [5, 5.41) is 25.2. The topological polar surface area (TPSA) is 170 Å². The monoisotopic (exact) mass is 606 g/mol. The van der Waals surface area contributed by atoms with Gasteiger partial charge in [0, 0.05) is 38.5 Å². The Morgan fingerprint density at radius 3 is 1.41 bits per heavy atom. The minimum Gasteiger partial charge on any atom is -0.574 e. The molecule has 12 heteroatoms. The van der Waals surface area contributed by atoms with Crippen molar-refractivity contribution in [3.63, 3.8) is 0 Å². The number of esters is 4. The summed E-state index contributed by atoms with van der Waals surface area (Å²) in [4.78, 5) is 50.0. The van der Waals surface area contributed by atoms with Gasteiger partial charge in [-0.25, -0.2) is 19.2 Å². The van der Waals surface area contributed by atoms with Gasteiger partial charge in [0.2, 0.25) is 0 Å². The van der Waals surface area contributed by atoms with Crippen molar-refractivity contribution >= 4 is 23.9 Å². The summed E-state index contributed by atoms with van der Waals surface area (Å²) < 4.78 is 32.7. The number of carbonyl (C=O) groups is 4. The molecule has 2 aliphatic carbocycles. The highest BCUT2D eigenvalue weighted by Crippen LogP contribution is 2.46. The van der Waals surface area contributed by atoms with Gasteiger partial charge in [-0.15, -0.1) is 0 Å². The molecule has 5 aliphatic rings. The Bertz CT molecular complexity index is 1430. The molecule has 3 heterocycles. The Labute approximate surface area is 252 Å². The van der Waals surface area contributed by atoms with Gasteiger partial charge >= 0.3 is 23.9 Å². The maximum Gasteiger partial charge on any atom is 0.348 e. The van der Waals surface area contributed by atoms with Gasteiger partial charge < -0.3 is 38.6 Å². The Morgan fingerprint density at radius 2 is 0.955 bits per heavy atom. The molecule has 0 bridgehead atoms. The van der Waals surface area contributed by atoms with Gasteiger partial charge in [-0.1, -0.05) is 55.5 Å². The van der Waals surface area contributed by atoms with E-state index < -0.39 is 53.1 Å². The molecule has 0 aromatic carbocycles. The molecule has 0 N–H and O–H groups in total. The van der Waals surface area contributed by atoms with Crippen molar-refractivity contribution in [3.8, 4) is 0 Å². The van der Waals surface area contributed by atoms with Crippen molar-refractivity contribution in [3.05, 3.63) is 95.9 Å². The molecular weight excluding hydrogens is 576 g/mol. The van der Waals surface area contributed by atoms with Crippen molar-refractivity contribution in [2.75, 3.05) is 0 Å². The van der Waals surface area contributed by atoms with Crippen LogP contribution < -0.4 is 10.2 Å². The van der Waals surface area contributed by atoms with Crippen LogP contribution >= 0.6 is 0 Å². The average Bonchev–Trinajstić information content (AvgIpc) is 2.97. The van der Waals surface area contributed by atoms with Crippen molar-refractivity contribution in [1.29, 1.82) is 0 Å². The van der Waals surface area contributed by atoms with Gasteiger partial charge in [-0.3, -0.25) is 0 Å². The summed E-state index contributed by atoms with van der Waals surface area (Å²) in [6.07, 6.45) is 17.2. The van der Waals surface area contributed by atoms with E-state index >= 15 is 0 Å². The van der Waals surface area contributed by atoms with Gasteiger partial charge in [0.1, 0.15) is 5.57 Å².